The van der Waals surface area contributed by atoms with E-state index < -0.39 is 17.7 Å². The van der Waals surface area contributed by atoms with Crippen LogP contribution >= 0.6 is 11.3 Å². The molecule has 0 aliphatic rings. The third kappa shape index (κ3) is 2.39. The maximum absolute atomic E-state index is 12.9. The van der Waals surface area contributed by atoms with Gasteiger partial charge in [0.1, 0.15) is 15.4 Å². The quantitative estimate of drug-likeness (QED) is 0.629. The predicted octanol–water partition coefficient (Wildman–Crippen LogP) is 3.47. The van der Waals surface area contributed by atoms with Crippen LogP contribution < -0.4 is 0 Å². The molecule has 3 aromatic rings. The fourth-order valence-electron chi connectivity index (χ4n) is 2.73. The molecule has 24 heavy (non-hydrogen) atoms. The zero-order valence-electron chi connectivity index (χ0n) is 12.8. The number of fused-ring (bicyclic) bond motifs is 1. The van der Waals surface area contributed by atoms with E-state index in [0.717, 1.165) is 16.9 Å². The van der Waals surface area contributed by atoms with Gasteiger partial charge in [0.2, 0.25) is 0 Å². The molecule has 0 amide bonds. The molecule has 0 bridgehead atoms. The van der Waals surface area contributed by atoms with Crippen molar-refractivity contribution in [3.05, 3.63) is 57.1 Å². The number of H-pyrrole nitrogens is 1. The van der Waals surface area contributed by atoms with Crippen LogP contribution in [0.15, 0.2) is 24.3 Å². The van der Waals surface area contributed by atoms with E-state index in [1.54, 1.807) is 25.1 Å². The number of aromatic nitrogens is 1. The molecule has 0 saturated heterocycles. The molecule has 6 nitrogen and oxygen atoms in total. The standard InChI is InChI=1S/C17H13NO5S/c1-7-4-3-5-9(6-7)13(19)11-10-8(2)14(17(22)23)24-15(10)18-12(11)16(20)21/h3-6,18H,1-2H3,(H,20,21)(H,22,23). The largest absolute Gasteiger partial charge is 0.477 e. The number of ketones is 1. The number of aromatic carboxylic acids is 2. The smallest absolute Gasteiger partial charge is 0.353 e. The van der Waals surface area contributed by atoms with Crippen LogP contribution in [0, 0.1) is 13.8 Å². The van der Waals surface area contributed by atoms with Crippen LogP contribution in [0.4, 0.5) is 0 Å². The van der Waals surface area contributed by atoms with Crippen molar-refractivity contribution in [2.75, 3.05) is 0 Å². The second kappa shape index (κ2) is 5.61. The van der Waals surface area contributed by atoms with Crippen molar-refractivity contribution in [1.82, 2.24) is 4.98 Å². The highest BCUT2D eigenvalue weighted by atomic mass is 32.1. The van der Waals surface area contributed by atoms with Gasteiger partial charge in [0.15, 0.2) is 5.78 Å². The number of carbonyl (C=O) groups is 3. The Morgan fingerprint density at radius 3 is 2.38 bits per heavy atom. The van der Waals surface area contributed by atoms with Gasteiger partial charge in [0, 0.05) is 10.9 Å². The molecule has 7 heteroatoms. The number of nitrogens with one attached hydrogen (secondary N) is 1. The molecule has 122 valence electrons. The molecule has 0 aliphatic heterocycles. The Bertz CT molecular complexity index is 1010. The van der Waals surface area contributed by atoms with E-state index in [4.69, 9.17) is 0 Å². The van der Waals surface area contributed by atoms with Crippen molar-refractivity contribution < 1.29 is 24.6 Å². The summed E-state index contributed by atoms with van der Waals surface area (Å²) in [6, 6.07) is 6.84. The normalized spacial score (nSPS) is 10.9. The Kier molecular flexibility index (Phi) is 3.73. The lowest BCUT2D eigenvalue weighted by Crippen LogP contribution is -2.09. The van der Waals surface area contributed by atoms with Gasteiger partial charge in [-0.25, -0.2) is 9.59 Å². The highest BCUT2D eigenvalue weighted by molar-refractivity contribution is 7.20. The fourth-order valence-corrected chi connectivity index (χ4v) is 3.78. The Labute approximate surface area is 140 Å². The molecule has 1 aromatic carbocycles. The number of aryl methyl sites for hydroxylation is 2. The summed E-state index contributed by atoms with van der Waals surface area (Å²) in [5, 5.41) is 19.0. The molecule has 2 heterocycles. The molecule has 0 aliphatic carbocycles. The number of thiophene rings is 1. The summed E-state index contributed by atoms with van der Waals surface area (Å²) in [6.07, 6.45) is 0. The van der Waals surface area contributed by atoms with E-state index in [2.05, 4.69) is 4.98 Å². The second-order valence-corrected chi connectivity index (χ2v) is 6.46. The molecule has 0 saturated carbocycles. The molecule has 3 N–H and O–H groups in total. The number of carbonyl (C=O) groups excluding carboxylic acids is 1. The first-order valence-electron chi connectivity index (χ1n) is 7.04. The average Bonchev–Trinajstić information content (AvgIpc) is 3.04. The van der Waals surface area contributed by atoms with E-state index in [0.29, 0.717) is 21.3 Å². The minimum Gasteiger partial charge on any atom is -0.477 e. The number of aromatic amines is 1. The van der Waals surface area contributed by atoms with Gasteiger partial charge in [-0.15, -0.1) is 11.3 Å². The highest BCUT2D eigenvalue weighted by Crippen LogP contribution is 2.36. The van der Waals surface area contributed by atoms with Gasteiger partial charge in [0.05, 0.1) is 5.56 Å². The molecule has 0 radical (unpaired) electrons. The minimum absolute atomic E-state index is 0.00403. The highest BCUT2D eigenvalue weighted by Gasteiger charge is 2.28. The molecule has 2 aromatic heterocycles. The summed E-state index contributed by atoms with van der Waals surface area (Å²) >= 11 is 0.929. The molecular formula is C17H13NO5S. The van der Waals surface area contributed by atoms with Crippen LogP contribution in [0.5, 0.6) is 0 Å². The zero-order chi connectivity index (χ0) is 17.6. The number of carboxylic acids is 2. The van der Waals surface area contributed by atoms with Crippen molar-refractivity contribution in [3.63, 3.8) is 0 Å². The van der Waals surface area contributed by atoms with Crippen LogP contribution in [0.1, 0.15) is 47.2 Å². The Morgan fingerprint density at radius 2 is 1.79 bits per heavy atom. The first kappa shape index (κ1) is 15.9. The average molecular weight is 343 g/mol. The number of rotatable bonds is 4. The van der Waals surface area contributed by atoms with Gasteiger partial charge in [0.25, 0.3) is 0 Å². The van der Waals surface area contributed by atoms with Crippen molar-refractivity contribution in [1.29, 1.82) is 0 Å². The number of carboxylic acid groups (broad SMARTS) is 2. The predicted molar refractivity (Wildman–Crippen MR) is 89.4 cm³/mol. The van der Waals surface area contributed by atoms with Gasteiger partial charge in [-0.05, 0) is 25.5 Å². The summed E-state index contributed by atoms with van der Waals surface area (Å²) in [6.45, 7) is 3.41. The van der Waals surface area contributed by atoms with E-state index in [1.807, 2.05) is 13.0 Å². The maximum Gasteiger partial charge on any atom is 0.353 e. The van der Waals surface area contributed by atoms with Crippen molar-refractivity contribution in [3.8, 4) is 0 Å². The summed E-state index contributed by atoms with van der Waals surface area (Å²) in [7, 11) is 0. The molecule has 0 spiro atoms. The number of hydrogen-bond acceptors (Lipinski definition) is 4. The van der Waals surface area contributed by atoms with E-state index in [-0.39, 0.29) is 16.1 Å². The van der Waals surface area contributed by atoms with E-state index >= 15 is 0 Å². The molecule has 0 fully saturated rings. The Morgan fingerprint density at radius 1 is 1.08 bits per heavy atom. The number of hydrogen-bond donors (Lipinski definition) is 3. The first-order valence-corrected chi connectivity index (χ1v) is 7.86. The first-order chi connectivity index (χ1) is 11.3. The summed E-state index contributed by atoms with van der Waals surface area (Å²) in [4.78, 5) is 38.9. The molecular weight excluding hydrogens is 330 g/mol. The molecule has 0 unspecified atom stereocenters. The summed E-state index contributed by atoms with van der Waals surface area (Å²) in [5.74, 6) is -2.81. The third-order valence-electron chi connectivity index (χ3n) is 3.80. The monoisotopic (exact) mass is 343 g/mol. The Balaban J connectivity index is 2.31. The minimum atomic E-state index is -1.26. The van der Waals surface area contributed by atoms with Crippen molar-refractivity contribution in [2.45, 2.75) is 13.8 Å². The van der Waals surface area contributed by atoms with Gasteiger partial charge >= 0.3 is 11.9 Å². The topological polar surface area (TPSA) is 107 Å². The lowest BCUT2D eigenvalue weighted by Gasteiger charge is -2.04. The third-order valence-corrected chi connectivity index (χ3v) is 5.00. The van der Waals surface area contributed by atoms with Gasteiger partial charge in [-0.3, -0.25) is 4.79 Å². The SMILES string of the molecule is Cc1cccc(C(=O)c2c(C(=O)O)[nH]c3sc(C(=O)O)c(C)c23)c1. The lowest BCUT2D eigenvalue weighted by molar-refractivity contribution is 0.0683. The van der Waals surface area contributed by atoms with Crippen molar-refractivity contribution >= 4 is 39.3 Å². The molecule has 0 atom stereocenters. The Hall–Kier alpha value is -2.93. The van der Waals surface area contributed by atoms with E-state index in [9.17, 15) is 24.6 Å². The maximum atomic E-state index is 12.9. The van der Waals surface area contributed by atoms with Gasteiger partial charge in [-0.2, -0.15) is 0 Å². The van der Waals surface area contributed by atoms with E-state index in [1.165, 1.54) is 0 Å². The van der Waals surface area contributed by atoms with Gasteiger partial charge in [-0.1, -0.05) is 23.8 Å². The van der Waals surface area contributed by atoms with Crippen LogP contribution in [-0.4, -0.2) is 32.9 Å². The fraction of sp³-hybridized carbons (Fsp3) is 0.118. The second-order valence-electron chi connectivity index (χ2n) is 5.44. The van der Waals surface area contributed by atoms with Crippen LogP contribution in [0.3, 0.4) is 0 Å². The summed E-state index contributed by atoms with van der Waals surface area (Å²) < 4.78 is 0. The summed E-state index contributed by atoms with van der Waals surface area (Å²) in [5.41, 5.74) is 1.41. The zero-order valence-corrected chi connectivity index (χ0v) is 13.7. The van der Waals surface area contributed by atoms with Crippen LogP contribution in [-0.2, 0) is 0 Å². The van der Waals surface area contributed by atoms with Crippen LogP contribution in [0.2, 0.25) is 0 Å². The molecule has 3 rings (SSSR count). The van der Waals surface area contributed by atoms with Crippen LogP contribution in [0.25, 0.3) is 10.2 Å². The van der Waals surface area contributed by atoms with Crippen molar-refractivity contribution in [2.24, 2.45) is 0 Å². The lowest BCUT2D eigenvalue weighted by atomic mass is 9.98. The van der Waals surface area contributed by atoms with Gasteiger partial charge < -0.3 is 15.2 Å². The number of benzene rings is 1.